The number of amides is 1. The zero-order valence-corrected chi connectivity index (χ0v) is 24.6. The van der Waals surface area contributed by atoms with Gasteiger partial charge in [0.2, 0.25) is 5.91 Å². The van der Waals surface area contributed by atoms with Crippen molar-refractivity contribution in [3.63, 3.8) is 0 Å². The lowest BCUT2D eigenvalue weighted by molar-refractivity contribution is -0.893. The van der Waals surface area contributed by atoms with Crippen LogP contribution in [0.15, 0.2) is 24.3 Å². The van der Waals surface area contributed by atoms with Crippen LogP contribution in [0.2, 0.25) is 0 Å². The molecule has 0 aliphatic rings. The largest absolute Gasteiger partial charge is 0.356 e. The van der Waals surface area contributed by atoms with E-state index < -0.39 is 0 Å². The van der Waals surface area contributed by atoms with E-state index in [-0.39, 0.29) is 5.91 Å². The van der Waals surface area contributed by atoms with Crippen molar-refractivity contribution >= 4 is 5.91 Å². The van der Waals surface area contributed by atoms with Crippen molar-refractivity contribution in [1.82, 2.24) is 5.32 Å². The Labute approximate surface area is 220 Å². The third-order valence-corrected chi connectivity index (χ3v) is 7.03. The summed E-state index contributed by atoms with van der Waals surface area (Å²) in [6.07, 6.45) is 31.2. The van der Waals surface area contributed by atoms with E-state index in [2.05, 4.69) is 64.5 Å². The van der Waals surface area contributed by atoms with Gasteiger partial charge in [-0.05, 0) is 51.4 Å². The number of nitrogens with zero attached hydrogens (tertiary/aromatic N) is 1. The first-order valence-corrected chi connectivity index (χ1v) is 15.3. The summed E-state index contributed by atoms with van der Waals surface area (Å²) in [4.78, 5) is 12.2. The lowest BCUT2D eigenvalue weighted by Gasteiger charge is -2.34. The van der Waals surface area contributed by atoms with E-state index in [1.165, 1.54) is 96.4 Å². The van der Waals surface area contributed by atoms with Crippen LogP contribution in [0.4, 0.5) is 0 Å². The highest BCUT2D eigenvalue weighted by Gasteiger charge is 2.21. The summed E-state index contributed by atoms with van der Waals surface area (Å²) in [6, 6.07) is 0. The minimum Gasteiger partial charge on any atom is -0.356 e. The van der Waals surface area contributed by atoms with E-state index in [1.807, 2.05) is 0 Å². The molecule has 1 unspecified atom stereocenters. The van der Waals surface area contributed by atoms with Gasteiger partial charge >= 0.3 is 0 Å². The molecular formula is C32H63N2O+. The molecule has 0 heterocycles. The van der Waals surface area contributed by atoms with Crippen LogP contribution in [0.1, 0.15) is 136 Å². The molecule has 0 fully saturated rings. The molecule has 3 heteroatoms. The van der Waals surface area contributed by atoms with Gasteiger partial charge in [0.25, 0.3) is 0 Å². The SMILES string of the molecule is CCCCC/C=C\C/C=C\CCCCCCCC(=O)NCCC[N+](C)(C)CC(CCC)CCCC. The Kier molecular flexibility index (Phi) is 23.8. The summed E-state index contributed by atoms with van der Waals surface area (Å²) in [5.41, 5.74) is 0. The second-order valence-corrected chi connectivity index (χ2v) is 11.3. The first-order chi connectivity index (χ1) is 16.9. The van der Waals surface area contributed by atoms with E-state index >= 15 is 0 Å². The van der Waals surface area contributed by atoms with E-state index in [9.17, 15) is 4.79 Å². The maximum Gasteiger partial charge on any atom is 0.219 e. The van der Waals surface area contributed by atoms with E-state index in [1.54, 1.807) is 0 Å². The van der Waals surface area contributed by atoms with Crippen molar-refractivity contribution in [2.24, 2.45) is 5.92 Å². The molecule has 1 N–H and O–H groups in total. The minimum absolute atomic E-state index is 0.243. The van der Waals surface area contributed by atoms with Crippen LogP contribution in [0.3, 0.4) is 0 Å². The highest BCUT2D eigenvalue weighted by atomic mass is 16.1. The molecule has 0 rings (SSSR count). The molecule has 0 bridgehead atoms. The fraction of sp³-hybridized carbons (Fsp3) is 0.844. The molecule has 1 atom stereocenters. The standard InChI is InChI=1S/C32H62N2O/c1-6-9-11-12-13-14-15-16-17-18-19-20-21-22-23-27-32(35)33-28-24-29-34(4,5)30-31(25-8-3)26-10-7-2/h13-14,16-17,31H,6-12,15,18-30H2,1-5H3/p+1/b14-13-,17-16-. The quantitative estimate of drug-likeness (QED) is 0.0770. The molecule has 0 aromatic rings. The topological polar surface area (TPSA) is 29.1 Å². The molecule has 0 saturated heterocycles. The number of allylic oxidation sites excluding steroid dienone is 4. The fourth-order valence-corrected chi connectivity index (χ4v) is 4.94. The number of rotatable bonds is 25. The number of unbranched alkanes of at least 4 members (excludes halogenated alkanes) is 9. The van der Waals surface area contributed by atoms with Crippen LogP contribution >= 0.6 is 0 Å². The molecule has 0 saturated carbocycles. The Balaban J connectivity index is 3.65. The van der Waals surface area contributed by atoms with Crippen molar-refractivity contribution in [3.8, 4) is 0 Å². The third kappa shape index (κ3) is 24.4. The first kappa shape index (κ1) is 33.9. The van der Waals surface area contributed by atoms with Gasteiger partial charge in [0.15, 0.2) is 0 Å². The molecule has 0 aromatic carbocycles. The smallest absolute Gasteiger partial charge is 0.219 e. The Morgan fingerprint density at radius 1 is 0.714 bits per heavy atom. The number of carbonyl (C=O) groups is 1. The third-order valence-electron chi connectivity index (χ3n) is 7.03. The van der Waals surface area contributed by atoms with Gasteiger partial charge in [-0.1, -0.05) is 96.4 Å². The van der Waals surface area contributed by atoms with Crippen LogP contribution in [-0.4, -0.2) is 44.1 Å². The van der Waals surface area contributed by atoms with Gasteiger partial charge in [0, 0.05) is 25.3 Å². The normalized spacial score (nSPS) is 13.2. The Bertz CT molecular complexity index is 524. The van der Waals surface area contributed by atoms with E-state index in [4.69, 9.17) is 0 Å². The Morgan fingerprint density at radius 3 is 2.00 bits per heavy atom. The lowest BCUT2D eigenvalue weighted by Crippen LogP contribution is -2.45. The molecule has 35 heavy (non-hydrogen) atoms. The first-order valence-electron chi connectivity index (χ1n) is 15.3. The second-order valence-electron chi connectivity index (χ2n) is 11.3. The molecule has 0 aromatic heterocycles. The number of hydrogen-bond donors (Lipinski definition) is 1. The Morgan fingerprint density at radius 2 is 1.34 bits per heavy atom. The summed E-state index contributed by atoms with van der Waals surface area (Å²) >= 11 is 0. The lowest BCUT2D eigenvalue weighted by atomic mass is 9.96. The maximum absolute atomic E-state index is 12.2. The van der Waals surface area contributed by atoms with Crippen molar-refractivity contribution < 1.29 is 9.28 Å². The van der Waals surface area contributed by atoms with Gasteiger partial charge in [-0.25, -0.2) is 0 Å². The average Bonchev–Trinajstić information content (AvgIpc) is 2.82. The van der Waals surface area contributed by atoms with Crippen LogP contribution in [0, 0.1) is 5.92 Å². The van der Waals surface area contributed by atoms with E-state index in [0.29, 0.717) is 6.42 Å². The molecule has 0 spiro atoms. The molecule has 0 radical (unpaired) electrons. The van der Waals surface area contributed by atoms with Gasteiger partial charge in [-0.15, -0.1) is 0 Å². The van der Waals surface area contributed by atoms with Crippen LogP contribution in [0.5, 0.6) is 0 Å². The number of quaternary nitrogens is 1. The second kappa shape index (κ2) is 24.6. The van der Waals surface area contributed by atoms with Crippen molar-refractivity contribution in [2.75, 3.05) is 33.7 Å². The average molecular weight is 492 g/mol. The number of carbonyl (C=O) groups excluding carboxylic acids is 1. The minimum atomic E-state index is 0.243. The van der Waals surface area contributed by atoms with Crippen molar-refractivity contribution in [3.05, 3.63) is 24.3 Å². The zero-order chi connectivity index (χ0) is 26.0. The fourth-order valence-electron chi connectivity index (χ4n) is 4.94. The van der Waals surface area contributed by atoms with E-state index in [0.717, 1.165) is 42.8 Å². The summed E-state index contributed by atoms with van der Waals surface area (Å²) in [5.74, 6) is 1.09. The molecular weight excluding hydrogens is 428 g/mol. The Hall–Kier alpha value is -1.09. The summed E-state index contributed by atoms with van der Waals surface area (Å²) in [7, 11) is 4.72. The van der Waals surface area contributed by atoms with Crippen LogP contribution in [0.25, 0.3) is 0 Å². The van der Waals surface area contributed by atoms with Crippen LogP contribution in [-0.2, 0) is 4.79 Å². The van der Waals surface area contributed by atoms with Crippen LogP contribution < -0.4 is 5.32 Å². The molecule has 0 aliphatic carbocycles. The highest BCUT2D eigenvalue weighted by Crippen LogP contribution is 2.19. The highest BCUT2D eigenvalue weighted by molar-refractivity contribution is 5.75. The molecule has 0 aliphatic heterocycles. The van der Waals surface area contributed by atoms with Crippen molar-refractivity contribution in [2.45, 2.75) is 136 Å². The van der Waals surface area contributed by atoms with Gasteiger partial charge in [-0.2, -0.15) is 0 Å². The molecule has 206 valence electrons. The molecule has 1 amide bonds. The predicted molar refractivity (Wildman–Crippen MR) is 157 cm³/mol. The summed E-state index contributed by atoms with van der Waals surface area (Å²) < 4.78 is 1.08. The van der Waals surface area contributed by atoms with Gasteiger partial charge in [0.1, 0.15) is 0 Å². The summed E-state index contributed by atoms with van der Waals surface area (Å²) in [5, 5.41) is 3.15. The monoisotopic (exact) mass is 491 g/mol. The maximum atomic E-state index is 12.2. The predicted octanol–water partition coefficient (Wildman–Crippen LogP) is 8.99. The zero-order valence-electron chi connectivity index (χ0n) is 24.6. The van der Waals surface area contributed by atoms with Gasteiger partial charge in [0.05, 0.1) is 27.2 Å². The number of hydrogen-bond acceptors (Lipinski definition) is 1. The van der Waals surface area contributed by atoms with Gasteiger partial charge in [-0.3, -0.25) is 4.79 Å². The van der Waals surface area contributed by atoms with Gasteiger partial charge < -0.3 is 9.80 Å². The molecule has 3 nitrogen and oxygen atoms in total. The number of nitrogens with one attached hydrogen (secondary N) is 1. The summed E-state index contributed by atoms with van der Waals surface area (Å²) in [6.45, 7) is 10.1. The van der Waals surface area contributed by atoms with Crippen molar-refractivity contribution in [1.29, 1.82) is 0 Å².